The fourth-order valence-corrected chi connectivity index (χ4v) is 1.61. The number of hydrogen-bond donors (Lipinski definition) is 1. The summed E-state index contributed by atoms with van der Waals surface area (Å²) in [7, 11) is 2.53. The molecular weight excluding hydrogens is 240 g/mol. The van der Waals surface area contributed by atoms with Gasteiger partial charge in [-0.25, -0.2) is 28.1 Å². The average molecular weight is 254 g/mol. The molecule has 1 fully saturated rings. The number of nitrogens with one attached hydrogen (secondary N) is 1. The number of hydrogen-bond acceptors (Lipinski definition) is 4. The van der Waals surface area contributed by atoms with E-state index in [1.165, 1.54) is 14.1 Å². The van der Waals surface area contributed by atoms with Crippen molar-refractivity contribution in [3.63, 3.8) is 0 Å². The molecule has 1 aromatic rings. The second-order valence-electron chi connectivity index (χ2n) is 4.39. The summed E-state index contributed by atoms with van der Waals surface area (Å²) in [6.07, 6.45) is 1.85. The lowest BCUT2D eigenvalue weighted by molar-refractivity contribution is -0.122. The van der Waals surface area contributed by atoms with Crippen LogP contribution >= 0.6 is 0 Å². The zero-order valence-corrected chi connectivity index (χ0v) is 10.2. The van der Waals surface area contributed by atoms with Crippen LogP contribution in [-0.2, 0) is 25.4 Å². The van der Waals surface area contributed by atoms with Gasteiger partial charge < -0.3 is 5.32 Å². The number of carbonyl (C=O) groups is 1. The fraction of sp³-hybridized carbons (Fsp3) is 0.600. The van der Waals surface area contributed by atoms with Gasteiger partial charge in [0.05, 0.1) is 0 Å². The van der Waals surface area contributed by atoms with Crippen molar-refractivity contribution in [2.45, 2.75) is 25.4 Å². The molecule has 0 aliphatic heterocycles. The van der Waals surface area contributed by atoms with Crippen LogP contribution < -0.4 is 22.4 Å². The maximum absolute atomic E-state index is 11.7. The highest BCUT2D eigenvalue weighted by molar-refractivity contribution is 5.76. The van der Waals surface area contributed by atoms with E-state index >= 15 is 0 Å². The Balaban J connectivity index is 2.38. The topological polar surface area (TPSA) is 95.1 Å². The first-order chi connectivity index (χ1) is 8.41. The van der Waals surface area contributed by atoms with E-state index < -0.39 is 23.0 Å². The fourth-order valence-electron chi connectivity index (χ4n) is 1.61. The molecule has 0 unspecified atom stereocenters. The van der Waals surface area contributed by atoms with Gasteiger partial charge in [0.1, 0.15) is 6.54 Å². The molecule has 0 aromatic carbocycles. The minimum Gasteiger partial charge on any atom is -0.352 e. The SMILES string of the molecule is Cn1c(=O)n(C)c(=O)n(CC(=O)NC2CC2)c1=O. The average Bonchev–Trinajstić information content (AvgIpc) is 3.13. The molecule has 8 nitrogen and oxygen atoms in total. The van der Waals surface area contributed by atoms with Crippen LogP contribution in [-0.4, -0.2) is 25.7 Å². The first-order valence-corrected chi connectivity index (χ1v) is 5.58. The number of nitrogens with zero attached hydrogens (tertiary/aromatic N) is 3. The van der Waals surface area contributed by atoms with Gasteiger partial charge in [-0.3, -0.25) is 4.79 Å². The molecule has 0 radical (unpaired) electrons. The molecule has 0 spiro atoms. The minimum atomic E-state index is -0.783. The first kappa shape index (κ1) is 12.3. The third kappa shape index (κ3) is 2.13. The van der Waals surface area contributed by atoms with E-state index in [1.54, 1.807) is 0 Å². The van der Waals surface area contributed by atoms with Gasteiger partial charge in [-0.05, 0) is 12.8 Å². The highest BCUT2D eigenvalue weighted by Gasteiger charge is 2.24. The highest BCUT2D eigenvalue weighted by Crippen LogP contribution is 2.18. The molecular formula is C10H14N4O4. The molecule has 1 saturated carbocycles. The summed E-state index contributed by atoms with van der Waals surface area (Å²) in [5.74, 6) is -0.393. The Morgan fingerprint density at radius 3 is 2.06 bits per heavy atom. The summed E-state index contributed by atoms with van der Waals surface area (Å²) in [5.41, 5.74) is -2.27. The summed E-state index contributed by atoms with van der Waals surface area (Å²) in [6.45, 7) is -0.365. The molecule has 2 rings (SSSR count). The van der Waals surface area contributed by atoms with Gasteiger partial charge in [0, 0.05) is 20.1 Å². The predicted molar refractivity (Wildman–Crippen MR) is 62.3 cm³/mol. The normalized spacial score (nSPS) is 14.6. The summed E-state index contributed by atoms with van der Waals surface area (Å²) in [4.78, 5) is 46.5. The standard InChI is InChI=1S/C10H14N4O4/c1-12-8(16)13(2)10(18)14(9(12)17)5-7(15)11-6-3-4-6/h6H,3-5H2,1-2H3,(H,11,15). The van der Waals surface area contributed by atoms with Gasteiger partial charge in [0.15, 0.2) is 0 Å². The lowest BCUT2D eigenvalue weighted by atomic mass is 10.5. The Kier molecular flexibility index (Phi) is 2.93. The quantitative estimate of drug-likeness (QED) is 0.646. The van der Waals surface area contributed by atoms with Gasteiger partial charge in [-0.2, -0.15) is 0 Å². The number of aromatic nitrogens is 3. The van der Waals surface area contributed by atoms with Gasteiger partial charge >= 0.3 is 17.1 Å². The first-order valence-electron chi connectivity index (χ1n) is 5.58. The largest absolute Gasteiger partial charge is 0.352 e. The van der Waals surface area contributed by atoms with Crippen molar-refractivity contribution in [3.05, 3.63) is 31.5 Å². The van der Waals surface area contributed by atoms with E-state index in [-0.39, 0.29) is 12.6 Å². The van der Waals surface area contributed by atoms with Crippen LogP contribution in [0.5, 0.6) is 0 Å². The number of rotatable bonds is 3. The zero-order valence-electron chi connectivity index (χ0n) is 10.2. The van der Waals surface area contributed by atoms with Crippen molar-refractivity contribution in [3.8, 4) is 0 Å². The molecule has 8 heteroatoms. The van der Waals surface area contributed by atoms with E-state index in [0.29, 0.717) is 0 Å². The molecule has 1 aliphatic rings. The maximum Gasteiger partial charge on any atom is 0.336 e. The van der Waals surface area contributed by atoms with Crippen molar-refractivity contribution in [2.24, 2.45) is 14.1 Å². The van der Waals surface area contributed by atoms with Crippen LogP contribution in [0, 0.1) is 0 Å². The summed E-state index contributed by atoms with van der Waals surface area (Å²) in [6, 6.07) is 0.157. The maximum atomic E-state index is 11.7. The Morgan fingerprint density at radius 1 is 1.11 bits per heavy atom. The third-order valence-corrected chi connectivity index (χ3v) is 2.85. The van der Waals surface area contributed by atoms with Crippen LogP contribution in [0.2, 0.25) is 0 Å². The third-order valence-electron chi connectivity index (χ3n) is 2.85. The van der Waals surface area contributed by atoms with E-state index in [0.717, 1.165) is 26.5 Å². The van der Waals surface area contributed by atoms with Crippen molar-refractivity contribution < 1.29 is 4.79 Å². The number of amides is 1. The lowest BCUT2D eigenvalue weighted by Crippen LogP contribution is -2.54. The molecule has 0 bridgehead atoms. The van der Waals surface area contributed by atoms with Gasteiger partial charge in [-0.15, -0.1) is 0 Å². The Bertz CT molecular complexity index is 622. The Labute approximate surface area is 101 Å². The highest BCUT2D eigenvalue weighted by atomic mass is 16.2. The summed E-state index contributed by atoms with van der Waals surface area (Å²) >= 11 is 0. The minimum absolute atomic E-state index is 0.157. The van der Waals surface area contributed by atoms with Crippen molar-refractivity contribution in [1.82, 2.24) is 19.0 Å². The van der Waals surface area contributed by atoms with Gasteiger partial charge in [0.2, 0.25) is 5.91 Å². The monoisotopic (exact) mass is 254 g/mol. The van der Waals surface area contributed by atoms with Gasteiger partial charge in [0.25, 0.3) is 0 Å². The van der Waals surface area contributed by atoms with Crippen LogP contribution in [0.4, 0.5) is 0 Å². The molecule has 1 aromatic heterocycles. The second-order valence-corrected chi connectivity index (χ2v) is 4.39. The van der Waals surface area contributed by atoms with Crippen LogP contribution in [0.1, 0.15) is 12.8 Å². The summed E-state index contributed by atoms with van der Waals surface area (Å²) < 4.78 is 2.34. The van der Waals surface area contributed by atoms with Crippen molar-refractivity contribution >= 4 is 5.91 Å². The van der Waals surface area contributed by atoms with E-state index in [2.05, 4.69) is 5.32 Å². The second kappa shape index (κ2) is 4.28. The van der Waals surface area contributed by atoms with E-state index in [9.17, 15) is 19.2 Å². The molecule has 98 valence electrons. The lowest BCUT2D eigenvalue weighted by Gasteiger charge is -2.08. The van der Waals surface area contributed by atoms with Crippen LogP contribution in [0.15, 0.2) is 14.4 Å². The molecule has 1 amide bonds. The van der Waals surface area contributed by atoms with Gasteiger partial charge in [-0.1, -0.05) is 0 Å². The van der Waals surface area contributed by atoms with Crippen molar-refractivity contribution in [1.29, 1.82) is 0 Å². The molecule has 1 heterocycles. The molecule has 1 N–H and O–H groups in total. The van der Waals surface area contributed by atoms with Crippen LogP contribution in [0.25, 0.3) is 0 Å². The smallest absolute Gasteiger partial charge is 0.336 e. The molecule has 0 atom stereocenters. The van der Waals surface area contributed by atoms with E-state index in [4.69, 9.17) is 0 Å². The Morgan fingerprint density at radius 2 is 1.61 bits per heavy atom. The van der Waals surface area contributed by atoms with Crippen molar-refractivity contribution in [2.75, 3.05) is 0 Å². The van der Waals surface area contributed by atoms with Crippen LogP contribution in [0.3, 0.4) is 0 Å². The summed E-state index contributed by atoms with van der Waals surface area (Å²) in [5, 5.41) is 2.68. The number of carbonyl (C=O) groups excluding carboxylic acids is 1. The zero-order chi connectivity index (χ0) is 13.4. The Hall–Kier alpha value is -2.12. The van der Waals surface area contributed by atoms with E-state index in [1.807, 2.05) is 0 Å². The molecule has 1 aliphatic carbocycles. The molecule has 18 heavy (non-hydrogen) atoms. The predicted octanol–water partition coefficient (Wildman–Crippen LogP) is -2.48. The molecule has 0 saturated heterocycles.